The molecule has 0 spiro atoms. The molecule has 5 nitrogen and oxygen atoms in total. The van der Waals surface area contributed by atoms with Crippen LogP contribution < -0.4 is 0 Å². The van der Waals surface area contributed by atoms with Gasteiger partial charge in [0.2, 0.25) is 11.8 Å². The molecule has 3 rings (SSSR count). The van der Waals surface area contributed by atoms with Crippen molar-refractivity contribution in [3.63, 3.8) is 0 Å². The number of aryl methyl sites for hydroxylation is 1. The van der Waals surface area contributed by atoms with Crippen molar-refractivity contribution in [2.75, 3.05) is 20.1 Å². The molecule has 1 aromatic rings. The molecule has 1 saturated heterocycles. The summed E-state index contributed by atoms with van der Waals surface area (Å²) in [4.78, 5) is 33.5. The van der Waals surface area contributed by atoms with Crippen molar-refractivity contribution >= 4 is 11.8 Å². The van der Waals surface area contributed by atoms with E-state index in [9.17, 15) is 9.59 Å². The van der Waals surface area contributed by atoms with Gasteiger partial charge < -0.3 is 9.80 Å². The summed E-state index contributed by atoms with van der Waals surface area (Å²) in [5, 5.41) is 0. The van der Waals surface area contributed by atoms with Gasteiger partial charge in [0.15, 0.2) is 0 Å². The number of aromatic nitrogens is 1. The molecule has 2 heterocycles. The minimum atomic E-state index is 0.0301. The van der Waals surface area contributed by atoms with Crippen LogP contribution in [0.2, 0.25) is 0 Å². The van der Waals surface area contributed by atoms with Crippen LogP contribution in [0.25, 0.3) is 0 Å². The van der Waals surface area contributed by atoms with E-state index in [2.05, 4.69) is 18.0 Å². The van der Waals surface area contributed by atoms with E-state index in [1.165, 1.54) is 18.4 Å². The molecule has 0 N–H and O–H groups in total. The molecule has 2 fully saturated rings. The van der Waals surface area contributed by atoms with E-state index in [0.29, 0.717) is 12.5 Å². The van der Waals surface area contributed by atoms with Gasteiger partial charge in [0, 0.05) is 38.2 Å². The van der Waals surface area contributed by atoms with E-state index in [-0.39, 0.29) is 17.7 Å². The van der Waals surface area contributed by atoms with Gasteiger partial charge in [-0.1, -0.05) is 25.8 Å². The molecule has 5 heteroatoms. The molecule has 1 aliphatic heterocycles. The lowest BCUT2D eigenvalue weighted by Crippen LogP contribution is -2.45. The van der Waals surface area contributed by atoms with Crippen molar-refractivity contribution in [3.8, 4) is 0 Å². The lowest BCUT2D eigenvalue weighted by Gasteiger charge is -2.34. The third kappa shape index (κ3) is 4.43. The normalized spacial score (nSPS) is 18.9. The van der Waals surface area contributed by atoms with Crippen molar-refractivity contribution in [2.45, 2.75) is 58.4 Å². The number of nitrogens with zero attached hydrogens (tertiary/aromatic N) is 3. The van der Waals surface area contributed by atoms with E-state index in [0.717, 1.165) is 50.9 Å². The van der Waals surface area contributed by atoms with Crippen molar-refractivity contribution in [1.29, 1.82) is 0 Å². The summed E-state index contributed by atoms with van der Waals surface area (Å²) in [6.07, 6.45) is 8.88. The Morgan fingerprint density at radius 2 is 1.81 bits per heavy atom. The molecule has 0 radical (unpaired) electrons. The molecule has 0 aromatic carbocycles. The largest absolute Gasteiger partial charge is 0.342 e. The highest BCUT2D eigenvalue weighted by molar-refractivity contribution is 5.81. The zero-order valence-electron chi connectivity index (χ0n) is 16.1. The third-order valence-electron chi connectivity index (χ3n) is 5.93. The van der Waals surface area contributed by atoms with Gasteiger partial charge in [-0.3, -0.25) is 14.6 Å². The van der Waals surface area contributed by atoms with E-state index in [4.69, 9.17) is 0 Å². The first-order valence-electron chi connectivity index (χ1n) is 10.1. The number of hydrogen-bond acceptors (Lipinski definition) is 3. The smallest absolute Gasteiger partial charge is 0.225 e. The summed E-state index contributed by atoms with van der Waals surface area (Å²) in [5.41, 5.74) is 2.13. The average molecular weight is 357 g/mol. The van der Waals surface area contributed by atoms with Gasteiger partial charge in [0.05, 0.1) is 12.2 Å². The minimum absolute atomic E-state index is 0.0301. The number of piperidine rings is 1. The highest BCUT2D eigenvalue weighted by Crippen LogP contribution is 2.29. The maximum atomic E-state index is 12.8. The maximum absolute atomic E-state index is 12.8. The van der Waals surface area contributed by atoms with Crippen LogP contribution in [-0.4, -0.2) is 46.7 Å². The summed E-state index contributed by atoms with van der Waals surface area (Å²) >= 11 is 0. The van der Waals surface area contributed by atoms with Crippen molar-refractivity contribution in [3.05, 3.63) is 29.6 Å². The van der Waals surface area contributed by atoms with Gasteiger partial charge in [-0.15, -0.1) is 0 Å². The van der Waals surface area contributed by atoms with Crippen LogP contribution in [0.1, 0.15) is 56.7 Å². The lowest BCUT2D eigenvalue weighted by atomic mass is 9.94. The fraction of sp³-hybridized carbons (Fsp3) is 0.667. The first-order chi connectivity index (χ1) is 12.6. The summed E-state index contributed by atoms with van der Waals surface area (Å²) in [6.45, 7) is 4.10. The third-order valence-corrected chi connectivity index (χ3v) is 5.93. The Kier molecular flexibility index (Phi) is 6.28. The first kappa shape index (κ1) is 18.9. The summed E-state index contributed by atoms with van der Waals surface area (Å²) < 4.78 is 0. The number of carbonyl (C=O) groups excluding carboxylic acids is 2. The van der Waals surface area contributed by atoms with Gasteiger partial charge in [-0.05, 0) is 43.7 Å². The van der Waals surface area contributed by atoms with Crippen molar-refractivity contribution < 1.29 is 9.59 Å². The van der Waals surface area contributed by atoms with Crippen LogP contribution in [0.15, 0.2) is 18.3 Å². The number of amides is 2. The zero-order chi connectivity index (χ0) is 18.5. The van der Waals surface area contributed by atoms with Crippen LogP contribution >= 0.6 is 0 Å². The van der Waals surface area contributed by atoms with Gasteiger partial charge >= 0.3 is 0 Å². The molecule has 1 aliphatic carbocycles. The van der Waals surface area contributed by atoms with Crippen LogP contribution in [0.5, 0.6) is 0 Å². The monoisotopic (exact) mass is 357 g/mol. The summed E-state index contributed by atoms with van der Waals surface area (Å²) in [6, 6.07) is 4.08. The summed E-state index contributed by atoms with van der Waals surface area (Å²) in [5.74, 6) is 0.769. The number of carbonyl (C=O) groups is 2. The SMILES string of the molecule is CCc1ccc(CN(C)C(=O)C2CCN(C(=O)C3CCCC3)CC2)nc1. The van der Waals surface area contributed by atoms with E-state index < -0.39 is 0 Å². The van der Waals surface area contributed by atoms with Crippen LogP contribution in [0.3, 0.4) is 0 Å². The molecular weight excluding hydrogens is 326 g/mol. The molecule has 1 saturated carbocycles. The Balaban J connectivity index is 1.48. The Morgan fingerprint density at radius 3 is 2.38 bits per heavy atom. The number of pyridine rings is 1. The molecule has 2 aliphatic rings. The fourth-order valence-electron chi connectivity index (χ4n) is 4.17. The van der Waals surface area contributed by atoms with Crippen LogP contribution in [-0.2, 0) is 22.6 Å². The topological polar surface area (TPSA) is 53.5 Å². The van der Waals surface area contributed by atoms with Crippen molar-refractivity contribution in [1.82, 2.24) is 14.8 Å². The zero-order valence-corrected chi connectivity index (χ0v) is 16.1. The molecule has 2 amide bonds. The van der Waals surface area contributed by atoms with Gasteiger partial charge in [0.1, 0.15) is 0 Å². The molecule has 26 heavy (non-hydrogen) atoms. The highest BCUT2D eigenvalue weighted by atomic mass is 16.2. The number of rotatable bonds is 5. The standard InChI is InChI=1S/C21H31N3O2/c1-3-16-8-9-19(22-14-16)15-23(2)20(25)18-10-12-24(13-11-18)21(26)17-6-4-5-7-17/h8-9,14,17-18H,3-7,10-13,15H2,1-2H3. The van der Waals surface area contributed by atoms with Gasteiger partial charge in [-0.2, -0.15) is 0 Å². The summed E-state index contributed by atoms with van der Waals surface area (Å²) in [7, 11) is 1.85. The minimum Gasteiger partial charge on any atom is -0.342 e. The Bertz CT molecular complexity index is 615. The van der Waals surface area contributed by atoms with E-state index in [1.54, 1.807) is 4.90 Å². The molecular formula is C21H31N3O2. The predicted octanol–water partition coefficient (Wildman–Crippen LogP) is 3.03. The van der Waals surface area contributed by atoms with Crippen molar-refractivity contribution in [2.24, 2.45) is 11.8 Å². The van der Waals surface area contributed by atoms with Crippen LogP contribution in [0.4, 0.5) is 0 Å². The fourth-order valence-corrected chi connectivity index (χ4v) is 4.17. The second-order valence-corrected chi connectivity index (χ2v) is 7.79. The molecule has 1 aromatic heterocycles. The average Bonchev–Trinajstić information content (AvgIpc) is 3.22. The first-order valence-corrected chi connectivity index (χ1v) is 10.1. The van der Waals surface area contributed by atoms with E-state index >= 15 is 0 Å². The Morgan fingerprint density at radius 1 is 1.12 bits per heavy atom. The molecule has 0 bridgehead atoms. The molecule has 142 valence electrons. The predicted molar refractivity (Wildman–Crippen MR) is 101 cm³/mol. The van der Waals surface area contributed by atoms with Gasteiger partial charge in [0.25, 0.3) is 0 Å². The van der Waals surface area contributed by atoms with E-state index in [1.807, 2.05) is 24.2 Å². The second kappa shape index (κ2) is 8.65. The maximum Gasteiger partial charge on any atom is 0.225 e. The lowest BCUT2D eigenvalue weighted by molar-refractivity contribution is -0.142. The Hall–Kier alpha value is -1.91. The molecule has 0 unspecified atom stereocenters. The van der Waals surface area contributed by atoms with Crippen LogP contribution in [0, 0.1) is 11.8 Å². The quantitative estimate of drug-likeness (QED) is 0.814. The highest BCUT2D eigenvalue weighted by Gasteiger charge is 2.32. The molecule has 0 atom stereocenters. The Labute approximate surface area is 156 Å². The number of hydrogen-bond donors (Lipinski definition) is 0. The second-order valence-electron chi connectivity index (χ2n) is 7.79. The van der Waals surface area contributed by atoms with Gasteiger partial charge in [-0.25, -0.2) is 0 Å². The number of likely N-dealkylation sites (tertiary alicyclic amines) is 1.